The molecule has 0 bridgehead atoms. The normalized spacial score (nSPS) is 15.5. The van der Waals surface area contributed by atoms with Crippen LogP contribution in [0, 0.1) is 5.82 Å². The predicted octanol–water partition coefficient (Wildman–Crippen LogP) is 6.04. The van der Waals surface area contributed by atoms with Crippen molar-refractivity contribution in [3.63, 3.8) is 0 Å². The van der Waals surface area contributed by atoms with Gasteiger partial charge in [-0.2, -0.15) is 5.10 Å². The first-order chi connectivity index (χ1) is 16.0. The van der Waals surface area contributed by atoms with E-state index < -0.39 is 0 Å². The highest BCUT2D eigenvalue weighted by Gasteiger charge is 2.33. The number of fused-ring (bicyclic) bond motifs is 1. The lowest BCUT2D eigenvalue weighted by atomic mass is 9.96. The predicted molar refractivity (Wildman–Crippen MR) is 131 cm³/mol. The van der Waals surface area contributed by atoms with Crippen LogP contribution >= 0.6 is 0 Å². The molecule has 164 valence electrons. The Labute approximate surface area is 192 Å². The maximum Gasteiger partial charge on any atom is 0.274 e. The van der Waals surface area contributed by atoms with E-state index in [9.17, 15) is 9.18 Å². The highest BCUT2D eigenvalue weighted by atomic mass is 19.1. The summed E-state index contributed by atoms with van der Waals surface area (Å²) in [4.78, 5) is 15.4. The Morgan fingerprint density at radius 3 is 2.30 bits per heavy atom. The molecule has 0 fully saturated rings. The molecule has 1 aliphatic heterocycles. The number of halogens is 1. The first kappa shape index (κ1) is 20.9. The smallest absolute Gasteiger partial charge is 0.274 e. The molecule has 1 aliphatic rings. The van der Waals surface area contributed by atoms with Crippen LogP contribution in [-0.4, -0.2) is 30.7 Å². The van der Waals surface area contributed by atoms with Crippen molar-refractivity contribution < 1.29 is 9.18 Å². The van der Waals surface area contributed by atoms with Crippen LogP contribution in [0.1, 0.15) is 33.9 Å². The summed E-state index contributed by atoms with van der Waals surface area (Å²) in [6.45, 7) is 0. The van der Waals surface area contributed by atoms with Crippen molar-refractivity contribution in [2.24, 2.45) is 5.10 Å². The fourth-order valence-electron chi connectivity index (χ4n) is 4.22. The standard InChI is InChI=1S/C28H24FN3O/c1-31(2)25-15-11-20(12-16-25)27-18-26(23-8-7-19-5-3-4-6-22(19)17-23)30-32(27)28(33)21-9-13-24(29)14-10-21/h3-17,27H,18H2,1-2H3/t27-/m0/s1. The molecule has 0 unspecified atom stereocenters. The highest BCUT2D eigenvalue weighted by molar-refractivity contribution is 6.06. The Kier molecular flexibility index (Phi) is 5.38. The molecule has 0 saturated carbocycles. The van der Waals surface area contributed by atoms with E-state index >= 15 is 0 Å². The van der Waals surface area contributed by atoms with Gasteiger partial charge in [0.2, 0.25) is 0 Å². The summed E-state index contributed by atoms with van der Waals surface area (Å²) in [5.41, 5.74) is 4.37. The Bertz CT molecular complexity index is 1340. The van der Waals surface area contributed by atoms with E-state index in [0.717, 1.165) is 33.3 Å². The monoisotopic (exact) mass is 437 g/mol. The first-order valence-corrected chi connectivity index (χ1v) is 10.9. The number of benzene rings is 4. The Balaban J connectivity index is 1.54. The Morgan fingerprint density at radius 1 is 0.909 bits per heavy atom. The van der Waals surface area contributed by atoms with Crippen molar-refractivity contribution in [1.29, 1.82) is 0 Å². The largest absolute Gasteiger partial charge is 0.378 e. The van der Waals surface area contributed by atoms with Gasteiger partial charge in [-0.15, -0.1) is 0 Å². The van der Waals surface area contributed by atoms with E-state index in [1.807, 2.05) is 55.4 Å². The zero-order valence-electron chi connectivity index (χ0n) is 18.6. The third kappa shape index (κ3) is 4.10. The van der Waals surface area contributed by atoms with E-state index in [2.05, 4.69) is 30.3 Å². The fourth-order valence-corrected chi connectivity index (χ4v) is 4.22. The average Bonchev–Trinajstić information content (AvgIpc) is 3.29. The van der Waals surface area contributed by atoms with E-state index in [4.69, 9.17) is 5.10 Å². The summed E-state index contributed by atoms with van der Waals surface area (Å²) in [5, 5.41) is 8.61. The SMILES string of the molecule is CN(C)c1ccc([C@@H]2CC(c3ccc4ccccc4c3)=NN2C(=O)c2ccc(F)cc2)cc1. The van der Waals surface area contributed by atoms with Crippen molar-refractivity contribution in [1.82, 2.24) is 5.01 Å². The lowest BCUT2D eigenvalue weighted by Crippen LogP contribution is -2.27. The molecule has 0 N–H and O–H groups in total. The van der Waals surface area contributed by atoms with Crippen LogP contribution in [0.3, 0.4) is 0 Å². The second-order valence-electron chi connectivity index (χ2n) is 8.47. The van der Waals surface area contributed by atoms with Gasteiger partial charge in [0.15, 0.2) is 0 Å². The lowest BCUT2D eigenvalue weighted by molar-refractivity contribution is 0.0711. The highest BCUT2D eigenvalue weighted by Crippen LogP contribution is 2.35. The van der Waals surface area contributed by atoms with Crippen LogP contribution in [-0.2, 0) is 0 Å². The van der Waals surface area contributed by atoms with Gasteiger partial charge in [0, 0.05) is 31.8 Å². The number of rotatable bonds is 4. The van der Waals surface area contributed by atoms with Crippen LogP contribution in [0.5, 0.6) is 0 Å². The van der Waals surface area contributed by atoms with Gasteiger partial charge in [0.1, 0.15) is 5.82 Å². The molecule has 5 heteroatoms. The van der Waals surface area contributed by atoms with Crippen molar-refractivity contribution in [2.45, 2.75) is 12.5 Å². The van der Waals surface area contributed by atoms with Gasteiger partial charge in [0.05, 0.1) is 11.8 Å². The molecule has 4 nitrogen and oxygen atoms in total. The molecule has 0 spiro atoms. The number of hydrazone groups is 1. The number of carbonyl (C=O) groups is 1. The molecule has 5 rings (SSSR count). The van der Waals surface area contributed by atoms with Gasteiger partial charge in [0.25, 0.3) is 5.91 Å². The van der Waals surface area contributed by atoms with E-state index in [-0.39, 0.29) is 17.8 Å². The Morgan fingerprint density at radius 2 is 1.61 bits per heavy atom. The molecule has 1 amide bonds. The van der Waals surface area contributed by atoms with Crippen molar-refractivity contribution in [3.05, 3.63) is 114 Å². The topological polar surface area (TPSA) is 35.9 Å². The summed E-state index contributed by atoms with van der Waals surface area (Å²) in [7, 11) is 3.99. The third-order valence-electron chi connectivity index (χ3n) is 6.09. The second-order valence-corrected chi connectivity index (χ2v) is 8.47. The molecule has 4 aromatic rings. The molecule has 0 saturated heterocycles. The fraction of sp³-hybridized carbons (Fsp3) is 0.143. The molecule has 4 aromatic carbocycles. The maximum absolute atomic E-state index is 13.4. The number of anilines is 1. The van der Waals surface area contributed by atoms with Gasteiger partial charge < -0.3 is 4.90 Å². The minimum atomic E-state index is -0.371. The van der Waals surface area contributed by atoms with Gasteiger partial charge in [-0.1, -0.05) is 48.5 Å². The summed E-state index contributed by atoms with van der Waals surface area (Å²) in [6.07, 6.45) is 0.604. The number of carbonyl (C=O) groups excluding carboxylic acids is 1. The minimum absolute atomic E-state index is 0.236. The molecule has 0 aliphatic carbocycles. The number of hydrogen-bond acceptors (Lipinski definition) is 3. The van der Waals surface area contributed by atoms with Crippen LogP contribution in [0.25, 0.3) is 10.8 Å². The average molecular weight is 438 g/mol. The Hall–Kier alpha value is -3.99. The van der Waals surface area contributed by atoms with Crippen LogP contribution in [0.2, 0.25) is 0 Å². The van der Waals surface area contributed by atoms with E-state index in [1.54, 1.807) is 5.01 Å². The van der Waals surface area contributed by atoms with Gasteiger partial charge in [-0.25, -0.2) is 9.40 Å². The third-order valence-corrected chi connectivity index (χ3v) is 6.09. The molecule has 0 aromatic heterocycles. The van der Waals surface area contributed by atoms with Gasteiger partial charge in [-0.3, -0.25) is 4.79 Å². The van der Waals surface area contributed by atoms with Crippen molar-refractivity contribution in [2.75, 3.05) is 19.0 Å². The zero-order valence-corrected chi connectivity index (χ0v) is 18.6. The first-order valence-electron chi connectivity index (χ1n) is 10.9. The van der Waals surface area contributed by atoms with Crippen LogP contribution in [0.15, 0.2) is 96.1 Å². The molecule has 1 heterocycles. The molecule has 0 radical (unpaired) electrons. The second kappa shape index (κ2) is 8.51. The summed E-state index contributed by atoms with van der Waals surface area (Å²) < 4.78 is 13.4. The number of amides is 1. The number of hydrogen-bond donors (Lipinski definition) is 0. The molecular weight excluding hydrogens is 413 g/mol. The lowest BCUT2D eigenvalue weighted by Gasteiger charge is -2.23. The zero-order chi connectivity index (χ0) is 22.9. The molecular formula is C28H24FN3O. The van der Waals surface area contributed by atoms with E-state index in [1.165, 1.54) is 24.3 Å². The molecule has 1 atom stereocenters. The van der Waals surface area contributed by atoms with Crippen molar-refractivity contribution >= 4 is 28.1 Å². The quantitative estimate of drug-likeness (QED) is 0.390. The van der Waals surface area contributed by atoms with Gasteiger partial charge in [-0.05, 0) is 64.4 Å². The molecule has 33 heavy (non-hydrogen) atoms. The minimum Gasteiger partial charge on any atom is -0.378 e. The van der Waals surface area contributed by atoms with Gasteiger partial charge >= 0.3 is 0 Å². The summed E-state index contributed by atoms with van der Waals surface area (Å²) in [6, 6.07) is 28.0. The maximum atomic E-state index is 13.4. The van der Waals surface area contributed by atoms with E-state index in [0.29, 0.717) is 12.0 Å². The summed E-state index contributed by atoms with van der Waals surface area (Å²) in [5.74, 6) is -0.614. The van der Waals surface area contributed by atoms with Crippen LogP contribution < -0.4 is 4.90 Å². The van der Waals surface area contributed by atoms with Crippen LogP contribution in [0.4, 0.5) is 10.1 Å². The summed E-state index contributed by atoms with van der Waals surface area (Å²) >= 11 is 0. The number of nitrogens with zero attached hydrogens (tertiary/aromatic N) is 3. The van der Waals surface area contributed by atoms with Crippen molar-refractivity contribution in [3.8, 4) is 0 Å².